The van der Waals surface area contributed by atoms with Crippen LogP contribution in [0.25, 0.3) is 28.2 Å². The monoisotopic (exact) mass is 501 g/mol. The first kappa shape index (κ1) is 24.4. The Labute approximate surface area is 214 Å². The highest BCUT2D eigenvalue weighted by Crippen LogP contribution is 2.30. The average Bonchev–Trinajstić information content (AvgIpc) is 3.43. The van der Waals surface area contributed by atoms with Gasteiger partial charge in [0.2, 0.25) is 5.78 Å². The van der Waals surface area contributed by atoms with Gasteiger partial charge in [-0.25, -0.2) is 4.79 Å². The second kappa shape index (κ2) is 9.65. The molecule has 0 aliphatic heterocycles. The Hall–Kier alpha value is -4.27. The van der Waals surface area contributed by atoms with E-state index in [1.165, 1.54) is 17.2 Å². The van der Waals surface area contributed by atoms with Crippen molar-refractivity contribution < 1.29 is 9.47 Å². The number of rotatable bonds is 8. The van der Waals surface area contributed by atoms with Gasteiger partial charge in [0.15, 0.2) is 22.7 Å². The third-order valence-electron chi connectivity index (χ3n) is 6.64. The summed E-state index contributed by atoms with van der Waals surface area (Å²) in [6.45, 7) is 7.67. The Morgan fingerprint density at radius 3 is 2.30 bits per heavy atom. The first-order valence-electron chi connectivity index (χ1n) is 12.5. The number of ether oxygens (including phenoxy) is 2. The maximum atomic E-state index is 13.1. The Bertz CT molecular complexity index is 1720. The molecule has 9 heteroatoms. The number of imidazole rings is 2. The fourth-order valence-corrected chi connectivity index (χ4v) is 4.68. The lowest BCUT2D eigenvalue weighted by Gasteiger charge is -2.13. The molecule has 0 N–H and O–H groups in total. The van der Waals surface area contributed by atoms with Crippen LogP contribution in [-0.2, 0) is 27.1 Å². The summed E-state index contributed by atoms with van der Waals surface area (Å²) >= 11 is 0. The number of aromatic nitrogens is 5. The van der Waals surface area contributed by atoms with E-state index < -0.39 is 5.69 Å². The van der Waals surface area contributed by atoms with Crippen LogP contribution in [0.4, 0.5) is 0 Å². The molecule has 0 radical (unpaired) electrons. The molecule has 3 aromatic heterocycles. The summed E-state index contributed by atoms with van der Waals surface area (Å²) in [5.41, 5.74) is 4.20. The van der Waals surface area contributed by atoms with Crippen molar-refractivity contribution >= 4 is 16.9 Å². The van der Waals surface area contributed by atoms with Crippen LogP contribution in [-0.4, -0.2) is 36.3 Å². The summed E-state index contributed by atoms with van der Waals surface area (Å²) in [5.74, 6) is 2.07. The van der Waals surface area contributed by atoms with Crippen LogP contribution in [0.1, 0.15) is 25.0 Å². The Kier molecular flexibility index (Phi) is 6.37. The number of benzene rings is 2. The van der Waals surface area contributed by atoms with Gasteiger partial charge in [0.05, 0.1) is 18.9 Å². The average molecular weight is 502 g/mol. The minimum Gasteiger partial charge on any atom is -0.490 e. The molecule has 5 aromatic rings. The molecule has 0 spiro atoms. The number of fused-ring (bicyclic) bond motifs is 3. The van der Waals surface area contributed by atoms with Gasteiger partial charge in [-0.05, 0) is 50.5 Å². The van der Waals surface area contributed by atoms with E-state index in [2.05, 4.69) is 35.8 Å². The normalized spacial score (nSPS) is 11.5. The van der Waals surface area contributed by atoms with Gasteiger partial charge in [-0.1, -0.05) is 35.9 Å². The van der Waals surface area contributed by atoms with Crippen molar-refractivity contribution in [1.82, 2.24) is 23.1 Å². The number of hydrogen-bond acceptors (Lipinski definition) is 5. The van der Waals surface area contributed by atoms with Gasteiger partial charge in [0.1, 0.15) is 0 Å². The molecule has 0 bridgehead atoms. The van der Waals surface area contributed by atoms with Crippen LogP contribution < -0.4 is 20.7 Å². The zero-order valence-electron chi connectivity index (χ0n) is 21.8. The van der Waals surface area contributed by atoms with Crippen molar-refractivity contribution in [1.29, 1.82) is 0 Å². The third kappa shape index (κ3) is 4.20. The van der Waals surface area contributed by atoms with E-state index in [4.69, 9.17) is 14.5 Å². The van der Waals surface area contributed by atoms with Crippen molar-refractivity contribution in [3.63, 3.8) is 0 Å². The summed E-state index contributed by atoms with van der Waals surface area (Å²) in [6.07, 6.45) is 2.64. The third-order valence-corrected chi connectivity index (χ3v) is 6.64. The van der Waals surface area contributed by atoms with E-state index in [1.807, 2.05) is 38.2 Å². The topological polar surface area (TPSA) is 84.7 Å². The van der Waals surface area contributed by atoms with Crippen molar-refractivity contribution in [2.75, 3.05) is 13.2 Å². The van der Waals surface area contributed by atoms with Crippen LogP contribution >= 0.6 is 0 Å². The number of hydrogen-bond donors (Lipinski definition) is 0. The maximum Gasteiger partial charge on any atom is 0.332 e. The fraction of sp³-hybridized carbons (Fsp3) is 0.321. The van der Waals surface area contributed by atoms with Crippen molar-refractivity contribution in [3.8, 4) is 22.8 Å². The molecule has 0 atom stereocenters. The van der Waals surface area contributed by atoms with E-state index in [0.29, 0.717) is 43.1 Å². The van der Waals surface area contributed by atoms with Gasteiger partial charge in [0, 0.05) is 26.8 Å². The molecule has 2 aromatic carbocycles. The molecule has 9 nitrogen and oxygen atoms in total. The van der Waals surface area contributed by atoms with Gasteiger partial charge in [-0.2, -0.15) is 4.98 Å². The SMILES string of the molecule is CCOc1ccc(CCn2c(-c3ccc(C)cc3)cn3c4c(=O)n(C)c(=O)n(C)c4nc23)cc1OCC. The lowest BCUT2D eigenvalue weighted by atomic mass is 10.1. The number of aryl methyl sites for hydroxylation is 4. The van der Waals surface area contributed by atoms with Crippen LogP contribution in [0.3, 0.4) is 0 Å². The maximum absolute atomic E-state index is 13.1. The molecule has 0 fully saturated rings. The molecule has 3 heterocycles. The predicted octanol–water partition coefficient (Wildman–Crippen LogP) is 3.70. The van der Waals surface area contributed by atoms with Crippen LogP contribution in [0, 0.1) is 6.92 Å². The zero-order chi connectivity index (χ0) is 26.3. The quantitative estimate of drug-likeness (QED) is 0.324. The molecule has 0 amide bonds. The standard InChI is InChI=1S/C28H31N5O4/c1-6-36-22-13-10-19(16-23(22)37-7-2)14-15-32-21(20-11-8-18(3)9-12-20)17-33-24-25(29-27(32)33)30(4)28(35)31(5)26(24)34/h8-13,16-17H,6-7,14-15H2,1-5H3. The molecule has 0 saturated heterocycles. The van der Waals surface area contributed by atoms with Crippen LogP contribution in [0.5, 0.6) is 11.5 Å². The van der Waals surface area contributed by atoms with Crippen molar-refractivity contribution in [2.45, 2.75) is 33.7 Å². The molecule has 5 rings (SSSR count). The second-order valence-electron chi connectivity index (χ2n) is 9.09. The smallest absolute Gasteiger partial charge is 0.332 e. The summed E-state index contributed by atoms with van der Waals surface area (Å²) in [5, 5.41) is 0. The van der Waals surface area contributed by atoms with Gasteiger partial charge in [-0.15, -0.1) is 0 Å². The Morgan fingerprint density at radius 1 is 0.892 bits per heavy atom. The summed E-state index contributed by atoms with van der Waals surface area (Å²) in [7, 11) is 3.13. The van der Waals surface area contributed by atoms with Gasteiger partial charge in [-0.3, -0.25) is 18.3 Å². The van der Waals surface area contributed by atoms with Crippen LogP contribution in [0.15, 0.2) is 58.3 Å². The Balaban J connectivity index is 1.65. The van der Waals surface area contributed by atoms with Crippen molar-refractivity contribution in [3.05, 3.63) is 80.6 Å². The minimum absolute atomic E-state index is 0.368. The van der Waals surface area contributed by atoms with Gasteiger partial charge in [0.25, 0.3) is 5.56 Å². The molecule has 37 heavy (non-hydrogen) atoms. The highest BCUT2D eigenvalue weighted by molar-refractivity contribution is 5.78. The minimum atomic E-state index is -0.401. The predicted molar refractivity (Wildman–Crippen MR) is 144 cm³/mol. The van der Waals surface area contributed by atoms with E-state index in [9.17, 15) is 9.59 Å². The molecule has 0 saturated carbocycles. The highest BCUT2D eigenvalue weighted by atomic mass is 16.5. The molecule has 0 aliphatic rings. The van der Waals surface area contributed by atoms with Crippen LogP contribution in [0.2, 0.25) is 0 Å². The summed E-state index contributed by atoms with van der Waals surface area (Å²) in [6, 6.07) is 14.3. The first-order chi connectivity index (χ1) is 17.8. The van der Waals surface area contributed by atoms with Gasteiger partial charge < -0.3 is 14.0 Å². The lowest BCUT2D eigenvalue weighted by molar-refractivity contribution is 0.287. The van der Waals surface area contributed by atoms with E-state index >= 15 is 0 Å². The number of nitrogens with zero attached hydrogens (tertiary/aromatic N) is 5. The fourth-order valence-electron chi connectivity index (χ4n) is 4.68. The molecular weight excluding hydrogens is 470 g/mol. The first-order valence-corrected chi connectivity index (χ1v) is 12.5. The van der Waals surface area contributed by atoms with Gasteiger partial charge >= 0.3 is 5.69 Å². The van der Waals surface area contributed by atoms with E-state index in [1.54, 1.807) is 11.4 Å². The molecular formula is C28H31N5O4. The Morgan fingerprint density at radius 2 is 1.59 bits per heavy atom. The lowest BCUT2D eigenvalue weighted by Crippen LogP contribution is -2.37. The van der Waals surface area contributed by atoms with E-state index in [-0.39, 0.29) is 5.56 Å². The molecule has 0 aliphatic carbocycles. The largest absolute Gasteiger partial charge is 0.490 e. The summed E-state index contributed by atoms with van der Waals surface area (Å²) in [4.78, 5) is 30.4. The second-order valence-corrected chi connectivity index (χ2v) is 9.09. The zero-order valence-corrected chi connectivity index (χ0v) is 21.8. The molecule has 0 unspecified atom stereocenters. The van der Waals surface area contributed by atoms with Crippen molar-refractivity contribution in [2.24, 2.45) is 14.1 Å². The van der Waals surface area contributed by atoms with E-state index in [0.717, 1.165) is 32.9 Å². The molecule has 192 valence electrons. The summed E-state index contributed by atoms with van der Waals surface area (Å²) < 4.78 is 18.0. The highest BCUT2D eigenvalue weighted by Gasteiger charge is 2.21.